The minimum absolute atomic E-state index is 0.0116. The second kappa shape index (κ2) is 4.55. The van der Waals surface area contributed by atoms with Crippen molar-refractivity contribution in [3.8, 4) is 0 Å². The van der Waals surface area contributed by atoms with Crippen LogP contribution in [-0.2, 0) is 14.6 Å². The second-order valence-corrected chi connectivity index (χ2v) is 7.08. The molecule has 0 saturated carbocycles. The number of rotatable bonds is 2. The number of sulfone groups is 1. The van der Waals surface area contributed by atoms with E-state index >= 15 is 0 Å². The standard InChI is InChI=1S/C10H18N2O4S/c1-12-4-7(2-3-10(12)14)11-8-5-17(15,16)6-9(8)13/h7-9,11,13H,2-6H2,1H3. The fourth-order valence-corrected chi connectivity index (χ4v) is 4.19. The van der Waals surface area contributed by atoms with Gasteiger partial charge in [-0.25, -0.2) is 8.42 Å². The van der Waals surface area contributed by atoms with E-state index in [2.05, 4.69) is 5.32 Å². The molecule has 2 rings (SSSR count). The highest BCUT2D eigenvalue weighted by molar-refractivity contribution is 7.91. The molecule has 0 aliphatic carbocycles. The van der Waals surface area contributed by atoms with Gasteiger partial charge in [-0.05, 0) is 6.42 Å². The predicted molar refractivity (Wildman–Crippen MR) is 62.2 cm³/mol. The summed E-state index contributed by atoms with van der Waals surface area (Å²) < 4.78 is 22.7. The van der Waals surface area contributed by atoms with E-state index in [1.54, 1.807) is 11.9 Å². The Bertz CT molecular complexity index is 409. The van der Waals surface area contributed by atoms with Crippen molar-refractivity contribution < 1.29 is 18.3 Å². The van der Waals surface area contributed by atoms with Gasteiger partial charge in [0.1, 0.15) is 0 Å². The zero-order valence-corrected chi connectivity index (χ0v) is 10.6. The van der Waals surface area contributed by atoms with E-state index < -0.39 is 22.0 Å². The molecule has 6 nitrogen and oxygen atoms in total. The van der Waals surface area contributed by atoms with Crippen LogP contribution in [0.5, 0.6) is 0 Å². The molecule has 3 unspecified atom stereocenters. The lowest BCUT2D eigenvalue weighted by molar-refractivity contribution is -0.132. The molecule has 0 aromatic rings. The van der Waals surface area contributed by atoms with Gasteiger partial charge in [0.15, 0.2) is 9.84 Å². The molecule has 0 bridgehead atoms. The Hall–Kier alpha value is -0.660. The average Bonchev–Trinajstić information content (AvgIpc) is 2.46. The molecule has 2 saturated heterocycles. The Morgan fingerprint density at radius 1 is 1.41 bits per heavy atom. The average molecular weight is 262 g/mol. The first-order valence-corrected chi connectivity index (χ1v) is 7.58. The van der Waals surface area contributed by atoms with Crippen molar-refractivity contribution in [1.82, 2.24) is 10.2 Å². The fraction of sp³-hybridized carbons (Fsp3) is 0.900. The monoisotopic (exact) mass is 262 g/mol. The van der Waals surface area contributed by atoms with Crippen LogP contribution in [0.3, 0.4) is 0 Å². The first kappa shape index (κ1) is 12.8. The van der Waals surface area contributed by atoms with Gasteiger partial charge in [-0.1, -0.05) is 0 Å². The molecular formula is C10H18N2O4S. The van der Waals surface area contributed by atoms with Crippen molar-refractivity contribution in [2.45, 2.75) is 31.0 Å². The second-order valence-electron chi connectivity index (χ2n) is 4.93. The van der Waals surface area contributed by atoms with Crippen LogP contribution in [0.4, 0.5) is 0 Å². The molecule has 0 radical (unpaired) electrons. The molecule has 7 heteroatoms. The SMILES string of the molecule is CN1CC(NC2CS(=O)(=O)CC2O)CCC1=O. The number of piperidine rings is 1. The van der Waals surface area contributed by atoms with Gasteiger partial charge in [0.25, 0.3) is 0 Å². The van der Waals surface area contributed by atoms with Gasteiger partial charge in [0, 0.05) is 32.1 Å². The molecule has 0 spiro atoms. The lowest BCUT2D eigenvalue weighted by Gasteiger charge is -2.32. The molecule has 2 heterocycles. The Morgan fingerprint density at radius 2 is 2.12 bits per heavy atom. The van der Waals surface area contributed by atoms with Gasteiger partial charge in [-0.15, -0.1) is 0 Å². The molecule has 2 N–H and O–H groups in total. The maximum atomic E-state index is 11.3. The van der Waals surface area contributed by atoms with Crippen molar-refractivity contribution in [3.05, 3.63) is 0 Å². The lowest BCUT2D eigenvalue weighted by Crippen LogP contribution is -2.52. The van der Waals surface area contributed by atoms with Crippen LogP contribution in [0.1, 0.15) is 12.8 Å². The van der Waals surface area contributed by atoms with Crippen molar-refractivity contribution in [1.29, 1.82) is 0 Å². The Labute approximate surface area is 101 Å². The number of likely N-dealkylation sites (tertiary alicyclic amines) is 1. The van der Waals surface area contributed by atoms with Crippen LogP contribution < -0.4 is 5.32 Å². The summed E-state index contributed by atoms with van der Waals surface area (Å²) in [5.74, 6) is -0.0586. The lowest BCUT2D eigenvalue weighted by atomic mass is 10.0. The number of nitrogens with one attached hydrogen (secondary N) is 1. The van der Waals surface area contributed by atoms with E-state index in [0.717, 1.165) is 0 Å². The van der Waals surface area contributed by atoms with Crippen molar-refractivity contribution in [2.75, 3.05) is 25.1 Å². The Kier molecular flexibility index (Phi) is 3.42. The van der Waals surface area contributed by atoms with Crippen LogP contribution >= 0.6 is 0 Å². The Balaban J connectivity index is 1.92. The number of aliphatic hydroxyl groups is 1. The van der Waals surface area contributed by atoms with Crippen LogP contribution in [0.15, 0.2) is 0 Å². The van der Waals surface area contributed by atoms with Crippen LogP contribution in [0.25, 0.3) is 0 Å². The minimum Gasteiger partial charge on any atom is -0.390 e. The molecule has 0 aromatic heterocycles. The third-order valence-corrected chi connectivity index (χ3v) is 5.12. The highest BCUT2D eigenvalue weighted by atomic mass is 32.2. The number of carbonyl (C=O) groups excluding carboxylic acids is 1. The van der Waals surface area contributed by atoms with E-state index in [4.69, 9.17) is 0 Å². The quantitative estimate of drug-likeness (QED) is 0.623. The number of carbonyl (C=O) groups is 1. The van der Waals surface area contributed by atoms with E-state index in [0.29, 0.717) is 19.4 Å². The highest BCUT2D eigenvalue weighted by Crippen LogP contribution is 2.16. The zero-order valence-electron chi connectivity index (χ0n) is 9.80. The van der Waals surface area contributed by atoms with Gasteiger partial charge in [0.2, 0.25) is 5.91 Å². The van der Waals surface area contributed by atoms with Crippen molar-refractivity contribution in [3.63, 3.8) is 0 Å². The molecule has 2 aliphatic rings. The van der Waals surface area contributed by atoms with E-state index in [1.165, 1.54) is 0 Å². The maximum Gasteiger partial charge on any atom is 0.222 e. The minimum atomic E-state index is -3.11. The van der Waals surface area contributed by atoms with E-state index in [1.807, 2.05) is 0 Å². The topological polar surface area (TPSA) is 86.7 Å². The highest BCUT2D eigenvalue weighted by Gasteiger charge is 2.38. The van der Waals surface area contributed by atoms with Crippen LogP contribution in [-0.4, -0.2) is 67.6 Å². The number of amides is 1. The molecule has 98 valence electrons. The summed E-state index contributed by atoms with van der Waals surface area (Å²) in [6.07, 6.45) is 0.346. The molecule has 2 aliphatic heterocycles. The molecule has 3 atom stereocenters. The number of aliphatic hydroxyl groups excluding tert-OH is 1. The normalized spacial score (nSPS) is 37.4. The van der Waals surface area contributed by atoms with Gasteiger partial charge >= 0.3 is 0 Å². The third kappa shape index (κ3) is 2.97. The largest absolute Gasteiger partial charge is 0.390 e. The first-order chi connectivity index (χ1) is 7.87. The molecule has 17 heavy (non-hydrogen) atoms. The summed E-state index contributed by atoms with van der Waals surface area (Å²) in [7, 11) is -1.38. The van der Waals surface area contributed by atoms with Gasteiger partial charge in [-0.2, -0.15) is 0 Å². The zero-order chi connectivity index (χ0) is 12.6. The molecule has 2 fully saturated rings. The summed E-state index contributed by atoms with van der Waals surface area (Å²) in [6, 6.07) is -0.322. The van der Waals surface area contributed by atoms with Crippen molar-refractivity contribution >= 4 is 15.7 Å². The van der Waals surface area contributed by atoms with Gasteiger partial charge in [0.05, 0.1) is 17.6 Å². The Morgan fingerprint density at radius 3 is 2.65 bits per heavy atom. The van der Waals surface area contributed by atoms with Crippen molar-refractivity contribution in [2.24, 2.45) is 0 Å². The smallest absolute Gasteiger partial charge is 0.222 e. The predicted octanol–water partition coefficient (Wildman–Crippen LogP) is -1.65. The number of hydrogen-bond acceptors (Lipinski definition) is 5. The van der Waals surface area contributed by atoms with E-state index in [9.17, 15) is 18.3 Å². The summed E-state index contributed by atoms with van der Waals surface area (Å²) >= 11 is 0. The number of nitrogens with zero attached hydrogens (tertiary/aromatic N) is 1. The molecule has 1 amide bonds. The number of likely N-dealkylation sites (N-methyl/N-ethyl adjacent to an activating group) is 1. The van der Waals surface area contributed by atoms with E-state index in [-0.39, 0.29) is 23.5 Å². The first-order valence-electron chi connectivity index (χ1n) is 5.76. The summed E-state index contributed by atoms with van der Waals surface area (Å²) in [5.41, 5.74) is 0. The summed E-state index contributed by atoms with van der Waals surface area (Å²) in [4.78, 5) is 12.9. The summed E-state index contributed by atoms with van der Waals surface area (Å²) in [5, 5.41) is 12.8. The van der Waals surface area contributed by atoms with Crippen LogP contribution in [0, 0.1) is 0 Å². The fourth-order valence-electron chi connectivity index (χ4n) is 2.44. The number of hydrogen-bond donors (Lipinski definition) is 2. The van der Waals surface area contributed by atoms with Gasteiger partial charge in [-0.3, -0.25) is 4.79 Å². The maximum absolute atomic E-state index is 11.3. The third-order valence-electron chi connectivity index (χ3n) is 3.40. The molecule has 0 aromatic carbocycles. The van der Waals surface area contributed by atoms with Gasteiger partial charge < -0.3 is 15.3 Å². The molecular weight excluding hydrogens is 244 g/mol. The summed E-state index contributed by atoms with van der Waals surface area (Å²) in [6.45, 7) is 0.572. The van der Waals surface area contributed by atoms with Crippen LogP contribution in [0.2, 0.25) is 0 Å².